The molecule has 4 rings (SSSR count). The van der Waals surface area contributed by atoms with Crippen molar-refractivity contribution >= 4 is 10.0 Å². The van der Waals surface area contributed by atoms with E-state index < -0.39 is 10.0 Å². The lowest BCUT2D eigenvalue weighted by atomic mass is 9.98. The lowest BCUT2D eigenvalue weighted by Gasteiger charge is -2.23. The predicted octanol–water partition coefficient (Wildman–Crippen LogP) is 1.91. The number of hydrogen-bond acceptors (Lipinski definition) is 3. The monoisotopic (exact) mass is 331 g/mol. The SMILES string of the molecule is O=S(=O)(NCC1CCn2ccnc2C1)c1ccc2c(c1)CCC2. The van der Waals surface area contributed by atoms with Gasteiger partial charge in [0.05, 0.1) is 4.90 Å². The van der Waals surface area contributed by atoms with Gasteiger partial charge < -0.3 is 4.57 Å². The number of nitrogens with zero attached hydrogens (tertiary/aromatic N) is 2. The molecule has 1 unspecified atom stereocenters. The van der Waals surface area contributed by atoms with Gasteiger partial charge in [-0.1, -0.05) is 6.07 Å². The zero-order valence-electron chi connectivity index (χ0n) is 13.0. The third kappa shape index (κ3) is 2.93. The van der Waals surface area contributed by atoms with Crippen LogP contribution in [0, 0.1) is 5.92 Å². The van der Waals surface area contributed by atoms with E-state index in [-0.39, 0.29) is 0 Å². The summed E-state index contributed by atoms with van der Waals surface area (Å²) in [6, 6.07) is 5.55. The van der Waals surface area contributed by atoms with Gasteiger partial charge in [-0.3, -0.25) is 0 Å². The van der Waals surface area contributed by atoms with Gasteiger partial charge in [-0.2, -0.15) is 0 Å². The van der Waals surface area contributed by atoms with Crippen molar-refractivity contribution in [3.8, 4) is 0 Å². The summed E-state index contributed by atoms with van der Waals surface area (Å²) in [4.78, 5) is 4.73. The summed E-state index contributed by atoms with van der Waals surface area (Å²) in [6.45, 7) is 1.40. The van der Waals surface area contributed by atoms with Gasteiger partial charge in [0.25, 0.3) is 0 Å². The van der Waals surface area contributed by atoms with Gasteiger partial charge in [-0.05, 0) is 54.9 Å². The molecule has 1 aliphatic carbocycles. The fourth-order valence-electron chi connectivity index (χ4n) is 3.62. The number of nitrogens with one attached hydrogen (secondary N) is 1. The third-order valence-electron chi connectivity index (χ3n) is 4.99. The minimum absolute atomic E-state index is 0.314. The van der Waals surface area contributed by atoms with Crippen LogP contribution in [0.3, 0.4) is 0 Å². The summed E-state index contributed by atoms with van der Waals surface area (Å²) in [6.07, 6.45) is 8.80. The lowest BCUT2D eigenvalue weighted by molar-refractivity contribution is 0.379. The molecule has 2 aliphatic rings. The van der Waals surface area contributed by atoms with Crippen molar-refractivity contribution in [3.63, 3.8) is 0 Å². The topological polar surface area (TPSA) is 64.0 Å². The minimum Gasteiger partial charge on any atom is -0.335 e. The summed E-state index contributed by atoms with van der Waals surface area (Å²) < 4.78 is 30.0. The van der Waals surface area contributed by atoms with Gasteiger partial charge in [0.15, 0.2) is 0 Å². The number of sulfonamides is 1. The van der Waals surface area contributed by atoms with Crippen molar-refractivity contribution < 1.29 is 8.42 Å². The van der Waals surface area contributed by atoms with Crippen LogP contribution in [0.4, 0.5) is 0 Å². The molecule has 1 aromatic carbocycles. The number of aromatic nitrogens is 2. The maximum absolute atomic E-state index is 12.5. The smallest absolute Gasteiger partial charge is 0.240 e. The van der Waals surface area contributed by atoms with Gasteiger partial charge in [-0.15, -0.1) is 0 Å². The first-order valence-electron chi connectivity index (χ1n) is 8.23. The second-order valence-corrected chi connectivity index (χ2v) is 8.30. The zero-order chi connectivity index (χ0) is 15.9. The molecule has 0 bridgehead atoms. The summed E-state index contributed by atoms with van der Waals surface area (Å²) in [5, 5.41) is 0. The quantitative estimate of drug-likeness (QED) is 0.931. The minimum atomic E-state index is -3.42. The number of fused-ring (bicyclic) bond motifs is 2. The average molecular weight is 331 g/mol. The molecule has 1 atom stereocenters. The van der Waals surface area contributed by atoms with Gasteiger partial charge in [-0.25, -0.2) is 18.1 Å². The molecule has 0 amide bonds. The standard InChI is InChI=1S/C17H21N3O2S/c21-23(22,16-5-4-14-2-1-3-15(14)11-16)19-12-13-6-8-20-9-7-18-17(20)10-13/h4-5,7,9,11,13,19H,1-3,6,8,10,12H2. The molecule has 2 aromatic rings. The highest BCUT2D eigenvalue weighted by Crippen LogP contribution is 2.25. The highest BCUT2D eigenvalue weighted by Gasteiger charge is 2.23. The molecule has 1 N–H and O–H groups in total. The van der Waals surface area contributed by atoms with Gasteiger partial charge >= 0.3 is 0 Å². The van der Waals surface area contributed by atoms with Crippen LogP contribution < -0.4 is 4.72 Å². The molecule has 5 nitrogen and oxygen atoms in total. The first-order valence-corrected chi connectivity index (χ1v) is 9.71. The fourth-order valence-corrected chi connectivity index (χ4v) is 4.78. The van der Waals surface area contributed by atoms with Crippen LogP contribution >= 0.6 is 0 Å². The van der Waals surface area contributed by atoms with Crippen LogP contribution in [0.2, 0.25) is 0 Å². The zero-order valence-corrected chi connectivity index (χ0v) is 13.8. The largest absolute Gasteiger partial charge is 0.335 e. The van der Waals surface area contributed by atoms with Gasteiger partial charge in [0.1, 0.15) is 5.82 Å². The van der Waals surface area contributed by atoms with Crippen LogP contribution in [0.1, 0.15) is 29.8 Å². The molecular formula is C17H21N3O2S. The normalized spacial score (nSPS) is 20.3. The van der Waals surface area contributed by atoms with E-state index in [4.69, 9.17) is 0 Å². The molecule has 0 saturated carbocycles. The average Bonchev–Trinajstić information content (AvgIpc) is 3.20. The van der Waals surface area contributed by atoms with Crippen LogP contribution in [-0.2, 0) is 35.8 Å². The molecule has 1 aromatic heterocycles. The highest BCUT2D eigenvalue weighted by molar-refractivity contribution is 7.89. The van der Waals surface area contributed by atoms with Crippen molar-refractivity contribution in [2.45, 2.75) is 43.5 Å². The molecule has 1 aliphatic heterocycles. The molecule has 122 valence electrons. The molecule has 0 fully saturated rings. The van der Waals surface area contributed by atoms with E-state index in [0.29, 0.717) is 17.4 Å². The molecule has 0 spiro atoms. The van der Waals surface area contributed by atoms with Crippen LogP contribution in [0.15, 0.2) is 35.5 Å². The maximum atomic E-state index is 12.5. The van der Waals surface area contributed by atoms with E-state index in [0.717, 1.165) is 44.5 Å². The van der Waals surface area contributed by atoms with Crippen molar-refractivity contribution in [1.29, 1.82) is 0 Å². The Bertz CT molecular complexity index is 826. The second kappa shape index (κ2) is 5.76. The Morgan fingerprint density at radius 1 is 1.26 bits per heavy atom. The highest BCUT2D eigenvalue weighted by atomic mass is 32.2. The first kappa shape index (κ1) is 14.9. The van der Waals surface area contributed by atoms with Crippen molar-refractivity contribution in [2.75, 3.05) is 6.54 Å². The van der Waals surface area contributed by atoms with E-state index in [9.17, 15) is 8.42 Å². The number of benzene rings is 1. The molecule has 23 heavy (non-hydrogen) atoms. The Hall–Kier alpha value is -1.66. The number of hydrogen-bond donors (Lipinski definition) is 1. The number of aryl methyl sites for hydroxylation is 3. The molecule has 0 radical (unpaired) electrons. The summed E-state index contributed by atoms with van der Waals surface area (Å²) in [5.74, 6) is 1.37. The number of imidazole rings is 1. The van der Waals surface area contributed by atoms with Crippen LogP contribution in [0.5, 0.6) is 0 Å². The third-order valence-corrected chi connectivity index (χ3v) is 6.41. The van der Waals surface area contributed by atoms with E-state index in [2.05, 4.69) is 14.3 Å². The molecule has 6 heteroatoms. The van der Waals surface area contributed by atoms with Crippen molar-refractivity contribution in [3.05, 3.63) is 47.5 Å². The van der Waals surface area contributed by atoms with Crippen LogP contribution in [-0.4, -0.2) is 24.5 Å². The van der Waals surface area contributed by atoms with Crippen molar-refractivity contribution in [2.24, 2.45) is 5.92 Å². The Labute approximate surface area is 136 Å². The van der Waals surface area contributed by atoms with Crippen LogP contribution in [0.25, 0.3) is 0 Å². The van der Waals surface area contributed by atoms with E-state index >= 15 is 0 Å². The molecule has 2 heterocycles. The summed E-state index contributed by atoms with van der Waals surface area (Å²) in [7, 11) is -3.42. The Morgan fingerprint density at radius 2 is 2.13 bits per heavy atom. The van der Waals surface area contributed by atoms with E-state index in [1.165, 1.54) is 11.1 Å². The molecular weight excluding hydrogens is 310 g/mol. The van der Waals surface area contributed by atoms with Gasteiger partial charge in [0.2, 0.25) is 10.0 Å². The second-order valence-electron chi connectivity index (χ2n) is 6.53. The number of rotatable bonds is 4. The summed E-state index contributed by atoms with van der Waals surface area (Å²) >= 11 is 0. The predicted molar refractivity (Wildman–Crippen MR) is 87.7 cm³/mol. The van der Waals surface area contributed by atoms with Crippen molar-refractivity contribution in [1.82, 2.24) is 14.3 Å². The maximum Gasteiger partial charge on any atom is 0.240 e. The van der Waals surface area contributed by atoms with Gasteiger partial charge in [0, 0.05) is 31.9 Å². The molecule has 0 saturated heterocycles. The Morgan fingerprint density at radius 3 is 3.04 bits per heavy atom. The Kier molecular flexibility index (Phi) is 3.73. The lowest BCUT2D eigenvalue weighted by Crippen LogP contribution is -2.33. The Balaban J connectivity index is 1.44. The first-order chi connectivity index (χ1) is 11.1. The van der Waals surface area contributed by atoms with E-state index in [1.807, 2.05) is 24.5 Å². The van der Waals surface area contributed by atoms with E-state index in [1.54, 1.807) is 6.07 Å². The fraction of sp³-hybridized carbons (Fsp3) is 0.471. The summed E-state index contributed by atoms with van der Waals surface area (Å²) in [5.41, 5.74) is 2.48.